The van der Waals surface area contributed by atoms with E-state index in [4.69, 9.17) is 4.43 Å². The van der Waals surface area contributed by atoms with Crippen LogP contribution in [0.3, 0.4) is 0 Å². The van der Waals surface area contributed by atoms with Gasteiger partial charge in [-0.05, 0) is 36.3 Å². The van der Waals surface area contributed by atoms with E-state index in [1.165, 1.54) is 6.08 Å². The van der Waals surface area contributed by atoms with Crippen LogP contribution in [-0.4, -0.2) is 31.1 Å². The molecule has 0 aliphatic rings. The van der Waals surface area contributed by atoms with Gasteiger partial charge in [0.1, 0.15) is 5.83 Å². The Morgan fingerprint density at radius 1 is 1.43 bits per heavy atom. The summed E-state index contributed by atoms with van der Waals surface area (Å²) >= 11 is 0. The van der Waals surface area contributed by atoms with Crippen LogP contribution in [0, 0.1) is 0 Å². The maximum atomic E-state index is 14.5. The van der Waals surface area contributed by atoms with Gasteiger partial charge in [0, 0.05) is 19.2 Å². The fourth-order valence-electron chi connectivity index (χ4n) is 1.60. The molecule has 0 fully saturated rings. The Bertz CT molecular complexity index is 469. The second-order valence-electron chi connectivity index (χ2n) is 6.66. The molecule has 0 radical (unpaired) electrons. The molecule has 1 rings (SSSR count). The van der Waals surface area contributed by atoms with E-state index < -0.39 is 14.4 Å². The molecular formula is C16H26FNO2Si. The maximum absolute atomic E-state index is 14.5. The SMILES string of the molecule is CC(C)(C)[Si](C)(C)O[C@@H](CCO)C(F)=Cc1ccccn1. The highest BCUT2D eigenvalue weighted by Crippen LogP contribution is 2.38. The number of aliphatic hydroxyl groups excluding tert-OH is 1. The summed E-state index contributed by atoms with van der Waals surface area (Å²) in [7, 11) is -2.10. The van der Waals surface area contributed by atoms with Crippen molar-refractivity contribution in [1.82, 2.24) is 4.98 Å². The average Bonchev–Trinajstić information content (AvgIpc) is 2.37. The molecule has 5 heteroatoms. The third-order valence-corrected chi connectivity index (χ3v) is 8.40. The van der Waals surface area contributed by atoms with Crippen molar-refractivity contribution < 1.29 is 13.9 Å². The summed E-state index contributed by atoms with van der Waals surface area (Å²) in [6.07, 6.45) is 2.54. The number of rotatable bonds is 6. The molecule has 0 bridgehead atoms. The van der Waals surface area contributed by atoms with Crippen LogP contribution in [0.2, 0.25) is 18.1 Å². The standard InChI is InChI=1S/C16H26FNO2Si/c1-16(2,3)21(4,5)20-15(9-11-19)14(17)12-13-8-6-7-10-18-13/h6-8,10,12,15,19H,9,11H2,1-5H3/t15-/m0/s1. The minimum atomic E-state index is -2.10. The van der Waals surface area contributed by atoms with E-state index in [-0.39, 0.29) is 23.9 Å². The summed E-state index contributed by atoms with van der Waals surface area (Å²) < 4.78 is 20.6. The highest BCUT2D eigenvalue weighted by molar-refractivity contribution is 6.74. The van der Waals surface area contributed by atoms with Crippen LogP contribution >= 0.6 is 0 Å². The van der Waals surface area contributed by atoms with Crippen molar-refractivity contribution in [3.63, 3.8) is 0 Å². The van der Waals surface area contributed by atoms with Gasteiger partial charge in [0.15, 0.2) is 8.32 Å². The van der Waals surface area contributed by atoms with Gasteiger partial charge >= 0.3 is 0 Å². The van der Waals surface area contributed by atoms with Gasteiger partial charge in [0.2, 0.25) is 0 Å². The van der Waals surface area contributed by atoms with Crippen LogP contribution in [0.4, 0.5) is 4.39 Å². The van der Waals surface area contributed by atoms with Crippen molar-refractivity contribution in [2.45, 2.75) is 51.4 Å². The molecule has 1 heterocycles. The minimum absolute atomic E-state index is 0.00795. The van der Waals surface area contributed by atoms with Crippen LogP contribution in [0.25, 0.3) is 6.08 Å². The van der Waals surface area contributed by atoms with Gasteiger partial charge < -0.3 is 9.53 Å². The van der Waals surface area contributed by atoms with E-state index in [1.807, 2.05) is 6.07 Å². The van der Waals surface area contributed by atoms with Gasteiger partial charge in [-0.25, -0.2) is 4.39 Å². The van der Waals surface area contributed by atoms with Gasteiger partial charge in [-0.1, -0.05) is 26.8 Å². The van der Waals surface area contributed by atoms with E-state index in [0.29, 0.717) is 5.69 Å². The molecule has 3 nitrogen and oxygen atoms in total. The van der Waals surface area contributed by atoms with Crippen LogP contribution in [0.5, 0.6) is 0 Å². The van der Waals surface area contributed by atoms with Gasteiger partial charge in [-0.2, -0.15) is 0 Å². The second-order valence-corrected chi connectivity index (χ2v) is 11.4. The molecular weight excluding hydrogens is 285 g/mol. The minimum Gasteiger partial charge on any atom is -0.407 e. The molecule has 0 spiro atoms. The second kappa shape index (κ2) is 7.29. The van der Waals surface area contributed by atoms with E-state index in [0.717, 1.165) is 0 Å². The Hall–Kier alpha value is -1.04. The number of halogens is 1. The zero-order valence-corrected chi connectivity index (χ0v) is 14.6. The maximum Gasteiger partial charge on any atom is 0.193 e. The molecule has 0 saturated heterocycles. The Labute approximate surface area is 128 Å². The van der Waals surface area contributed by atoms with Crippen LogP contribution in [0.1, 0.15) is 32.9 Å². The Kier molecular flexibility index (Phi) is 6.25. The quantitative estimate of drug-likeness (QED) is 0.802. The normalized spacial score (nSPS) is 15.1. The topological polar surface area (TPSA) is 42.4 Å². The number of aliphatic hydroxyl groups is 1. The predicted octanol–water partition coefficient (Wildman–Crippen LogP) is 4.16. The molecule has 0 aliphatic heterocycles. The van der Waals surface area contributed by atoms with E-state index in [9.17, 15) is 9.50 Å². The molecule has 0 aromatic carbocycles. The highest BCUT2D eigenvalue weighted by Gasteiger charge is 2.39. The summed E-state index contributed by atoms with van der Waals surface area (Å²) in [5.74, 6) is -0.382. The first-order valence-electron chi connectivity index (χ1n) is 7.24. The number of pyridine rings is 1. The Morgan fingerprint density at radius 2 is 2.10 bits per heavy atom. The van der Waals surface area contributed by atoms with Gasteiger partial charge in [0.05, 0.1) is 11.8 Å². The van der Waals surface area contributed by atoms with Crippen molar-refractivity contribution in [2.75, 3.05) is 6.61 Å². The van der Waals surface area contributed by atoms with E-state index in [1.54, 1.807) is 18.3 Å². The molecule has 0 saturated carbocycles. The molecule has 118 valence electrons. The Morgan fingerprint density at radius 3 is 2.57 bits per heavy atom. The number of hydrogen-bond donors (Lipinski definition) is 1. The lowest BCUT2D eigenvalue weighted by Crippen LogP contribution is -2.44. The lowest BCUT2D eigenvalue weighted by molar-refractivity contribution is 0.148. The monoisotopic (exact) mass is 311 g/mol. The van der Waals surface area contributed by atoms with Crippen molar-refractivity contribution in [2.24, 2.45) is 0 Å². The summed E-state index contributed by atoms with van der Waals surface area (Å²) in [6.45, 7) is 10.4. The fourth-order valence-corrected chi connectivity index (χ4v) is 2.89. The van der Waals surface area contributed by atoms with Crippen LogP contribution in [-0.2, 0) is 4.43 Å². The van der Waals surface area contributed by atoms with Crippen molar-refractivity contribution in [1.29, 1.82) is 0 Å². The van der Waals surface area contributed by atoms with E-state index in [2.05, 4.69) is 38.8 Å². The molecule has 0 aliphatic carbocycles. The molecule has 1 atom stereocenters. The van der Waals surface area contributed by atoms with Crippen LogP contribution in [0.15, 0.2) is 30.2 Å². The first-order chi connectivity index (χ1) is 9.67. The van der Waals surface area contributed by atoms with Gasteiger partial charge in [0.25, 0.3) is 0 Å². The Balaban J connectivity index is 2.94. The lowest BCUT2D eigenvalue weighted by atomic mass is 10.2. The summed E-state index contributed by atoms with van der Waals surface area (Å²) in [5.41, 5.74) is 0.553. The molecule has 1 aromatic heterocycles. The summed E-state index contributed by atoms with van der Waals surface area (Å²) in [6, 6.07) is 5.33. The van der Waals surface area contributed by atoms with E-state index >= 15 is 0 Å². The third-order valence-electron chi connectivity index (χ3n) is 3.92. The lowest BCUT2D eigenvalue weighted by Gasteiger charge is -2.38. The van der Waals surface area contributed by atoms with Crippen molar-refractivity contribution in [3.05, 3.63) is 35.9 Å². The first-order valence-corrected chi connectivity index (χ1v) is 10.1. The third kappa shape index (κ3) is 5.34. The highest BCUT2D eigenvalue weighted by atomic mass is 28.4. The fraction of sp³-hybridized carbons (Fsp3) is 0.562. The summed E-state index contributed by atoms with van der Waals surface area (Å²) in [4.78, 5) is 4.08. The van der Waals surface area contributed by atoms with Gasteiger partial charge in [-0.15, -0.1) is 0 Å². The first kappa shape index (κ1) is 18.0. The van der Waals surface area contributed by atoms with Gasteiger partial charge in [-0.3, -0.25) is 4.98 Å². The van der Waals surface area contributed by atoms with Crippen LogP contribution < -0.4 is 0 Å². The molecule has 0 amide bonds. The number of nitrogens with zero attached hydrogens (tertiary/aromatic N) is 1. The average molecular weight is 311 g/mol. The molecule has 0 unspecified atom stereocenters. The largest absolute Gasteiger partial charge is 0.407 e. The van der Waals surface area contributed by atoms with Crippen molar-refractivity contribution in [3.8, 4) is 0 Å². The zero-order valence-electron chi connectivity index (χ0n) is 13.6. The zero-order chi connectivity index (χ0) is 16.1. The summed E-state index contributed by atoms with van der Waals surface area (Å²) in [5, 5.41) is 9.17. The molecule has 21 heavy (non-hydrogen) atoms. The number of aromatic nitrogens is 1. The van der Waals surface area contributed by atoms with Crippen molar-refractivity contribution >= 4 is 14.4 Å². The number of hydrogen-bond acceptors (Lipinski definition) is 3. The predicted molar refractivity (Wildman–Crippen MR) is 87.1 cm³/mol. The molecule has 1 N–H and O–H groups in total. The smallest absolute Gasteiger partial charge is 0.193 e. The molecule has 1 aromatic rings.